The predicted octanol–water partition coefficient (Wildman–Crippen LogP) is 5.24. The predicted molar refractivity (Wildman–Crippen MR) is 153 cm³/mol. The van der Waals surface area contributed by atoms with E-state index in [1.807, 2.05) is 37.1 Å². The molecular formula is C30H29N9. The second kappa shape index (κ2) is 10.3. The van der Waals surface area contributed by atoms with Crippen molar-refractivity contribution in [1.82, 2.24) is 40.4 Å². The Kier molecular flexibility index (Phi) is 6.18. The normalized spacial score (nSPS) is 13.9. The van der Waals surface area contributed by atoms with Crippen LogP contribution < -0.4 is 10.2 Å². The van der Waals surface area contributed by atoms with Crippen molar-refractivity contribution in [2.24, 2.45) is 0 Å². The first-order chi connectivity index (χ1) is 19.3. The van der Waals surface area contributed by atoms with Crippen LogP contribution in [0.4, 0.5) is 5.69 Å². The minimum atomic E-state index is 0.650. The number of benzene rings is 1. The average molecular weight is 516 g/mol. The summed E-state index contributed by atoms with van der Waals surface area (Å²) in [7, 11) is 0. The van der Waals surface area contributed by atoms with Crippen molar-refractivity contribution in [3.63, 3.8) is 0 Å². The molecule has 9 heteroatoms. The van der Waals surface area contributed by atoms with Gasteiger partial charge in [-0.25, -0.2) is 9.97 Å². The van der Waals surface area contributed by atoms with Crippen molar-refractivity contribution in [2.75, 3.05) is 18.0 Å². The Morgan fingerprint density at radius 3 is 2.54 bits per heavy atom. The lowest BCUT2D eigenvalue weighted by molar-refractivity contribution is 0.578. The summed E-state index contributed by atoms with van der Waals surface area (Å²) in [5.74, 6) is 0.731. The zero-order valence-corrected chi connectivity index (χ0v) is 21.6. The molecule has 0 amide bonds. The van der Waals surface area contributed by atoms with Crippen molar-refractivity contribution in [2.45, 2.75) is 32.4 Å². The van der Waals surface area contributed by atoms with E-state index >= 15 is 0 Å². The molecule has 1 aliphatic rings. The molecule has 39 heavy (non-hydrogen) atoms. The molecule has 0 radical (unpaired) electrons. The Balaban J connectivity index is 1.18. The molecule has 0 saturated carbocycles. The highest BCUT2D eigenvalue weighted by Crippen LogP contribution is 2.32. The molecule has 6 aromatic rings. The van der Waals surface area contributed by atoms with Gasteiger partial charge in [-0.15, -0.1) is 0 Å². The number of nitrogens with zero attached hydrogens (tertiary/aromatic N) is 6. The highest BCUT2D eigenvalue weighted by Gasteiger charge is 2.19. The summed E-state index contributed by atoms with van der Waals surface area (Å²) in [5, 5.41) is 12.0. The van der Waals surface area contributed by atoms with Crippen LogP contribution in [0.5, 0.6) is 0 Å². The molecule has 0 unspecified atom stereocenters. The van der Waals surface area contributed by atoms with Crippen LogP contribution in [0.15, 0.2) is 73.4 Å². The van der Waals surface area contributed by atoms with Crippen LogP contribution in [0.2, 0.25) is 0 Å². The maximum Gasteiger partial charge on any atom is 0.181 e. The first-order valence-electron chi connectivity index (χ1n) is 13.4. The lowest BCUT2D eigenvalue weighted by atomic mass is 10.1. The number of hydrogen-bond donors (Lipinski definition) is 3. The fourth-order valence-corrected chi connectivity index (χ4v) is 5.33. The van der Waals surface area contributed by atoms with Crippen LogP contribution in [-0.4, -0.2) is 48.2 Å². The number of imidazole rings is 1. The molecular weight excluding hydrogens is 486 g/mol. The molecule has 0 atom stereocenters. The third-order valence-corrected chi connectivity index (χ3v) is 7.35. The van der Waals surface area contributed by atoms with Crippen molar-refractivity contribution >= 4 is 27.8 Å². The van der Waals surface area contributed by atoms with Gasteiger partial charge in [-0.2, -0.15) is 5.10 Å². The molecule has 1 aromatic carbocycles. The molecule has 194 valence electrons. The van der Waals surface area contributed by atoms with Crippen LogP contribution >= 0.6 is 0 Å². The van der Waals surface area contributed by atoms with Gasteiger partial charge in [-0.1, -0.05) is 30.3 Å². The van der Waals surface area contributed by atoms with E-state index in [4.69, 9.17) is 4.98 Å². The molecule has 0 aliphatic carbocycles. The fraction of sp³-hybridized carbons (Fsp3) is 0.233. The van der Waals surface area contributed by atoms with Gasteiger partial charge in [-0.05, 0) is 42.5 Å². The van der Waals surface area contributed by atoms with Crippen LogP contribution in [0.1, 0.15) is 30.4 Å². The van der Waals surface area contributed by atoms with Crippen molar-refractivity contribution in [1.29, 1.82) is 0 Å². The number of piperidine rings is 1. The number of aromatic amines is 2. The quantitative estimate of drug-likeness (QED) is 0.267. The fourth-order valence-electron chi connectivity index (χ4n) is 5.33. The minimum absolute atomic E-state index is 0.650. The van der Waals surface area contributed by atoms with Gasteiger partial charge in [0.05, 0.1) is 29.0 Å². The van der Waals surface area contributed by atoms with E-state index in [-0.39, 0.29) is 0 Å². The van der Waals surface area contributed by atoms with Crippen LogP contribution in [0.25, 0.3) is 44.7 Å². The number of fused-ring (bicyclic) bond motifs is 2. The number of hydrogen-bond acceptors (Lipinski definition) is 7. The molecule has 0 spiro atoms. The minimum Gasteiger partial charge on any atom is -0.368 e. The molecule has 0 bridgehead atoms. The Bertz CT molecular complexity index is 1730. The van der Waals surface area contributed by atoms with Crippen LogP contribution in [0, 0.1) is 0 Å². The smallest absolute Gasteiger partial charge is 0.181 e. The highest BCUT2D eigenvalue weighted by atomic mass is 15.2. The summed E-state index contributed by atoms with van der Waals surface area (Å²) in [6.07, 6.45) is 13.1. The molecule has 1 fully saturated rings. The molecule has 9 nitrogen and oxygen atoms in total. The molecule has 6 heterocycles. The first kappa shape index (κ1) is 23.5. The third kappa shape index (κ3) is 4.72. The van der Waals surface area contributed by atoms with Gasteiger partial charge in [-0.3, -0.25) is 15.1 Å². The van der Waals surface area contributed by atoms with E-state index in [0.29, 0.717) is 5.65 Å². The Morgan fingerprint density at radius 2 is 1.64 bits per heavy atom. The zero-order valence-electron chi connectivity index (χ0n) is 21.6. The molecule has 7 rings (SSSR count). The summed E-state index contributed by atoms with van der Waals surface area (Å²) >= 11 is 0. The van der Waals surface area contributed by atoms with E-state index in [0.717, 1.165) is 76.5 Å². The Morgan fingerprint density at radius 1 is 0.821 bits per heavy atom. The second-order valence-corrected chi connectivity index (χ2v) is 10.1. The number of pyridine rings is 3. The summed E-state index contributed by atoms with van der Waals surface area (Å²) in [5.41, 5.74) is 8.77. The topological polar surface area (TPSA) is 111 Å². The molecule has 5 aromatic heterocycles. The number of nitrogens with one attached hydrogen (secondary N) is 3. The molecule has 1 saturated heterocycles. The van der Waals surface area contributed by atoms with Gasteiger partial charge in [0.15, 0.2) is 11.5 Å². The van der Waals surface area contributed by atoms with E-state index in [1.54, 1.807) is 0 Å². The number of anilines is 1. The van der Waals surface area contributed by atoms with Gasteiger partial charge in [0.2, 0.25) is 0 Å². The lowest BCUT2D eigenvalue weighted by Crippen LogP contribution is -2.29. The molecule has 1 aliphatic heterocycles. The summed E-state index contributed by atoms with van der Waals surface area (Å²) < 4.78 is 0. The zero-order chi connectivity index (χ0) is 26.0. The number of H-pyrrole nitrogens is 2. The number of aromatic nitrogens is 7. The van der Waals surface area contributed by atoms with E-state index in [9.17, 15) is 0 Å². The SMILES string of the molecule is c1ccc(CNCc2cncc(-c3cnc4n[nH]c(-c5nc6c(N7CCCCC7)cncc6[nH]5)c4c3)c2)cc1. The Labute approximate surface area is 225 Å². The lowest BCUT2D eigenvalue weighted by Gasteiger charge is -2.28. The third-order valence-electron chi connectivity index (χ3n) is 7.35. The molecule has 3 N–H and O–H groups in total. The largest absolute Gasteiger partial charge is 0.368 e. The summed E-state index contributed by atoms with van der Waals surface area (Å²) in [4.78, 5) is 24.5. The van der Waals surface area contributed by atoms with Gasteiger partial charge in [0.1, 0.15) is 11.2 Å². The maximum absolute atomic E-state index is 5.00. The highest BCUT2D eigenvalue weighted by molar-refractivity contribution is 5.95. The Hall–Kier alpha value is -4.63. The first-order valence-corrected chi connectivity index (χ1v) is 13.4. The van der Waals surface area contributed by atoms with Crippen molar-refractivity contribution in [3.8, 4) is 22.6 Å². The van der Waals surface area contributed by atoms with Crippen LogP contribution in [0.3, 0.4) is 0 Å². The summed E-state index contributed by atoms with van der Waals surface area (Å²) in [6.45, 7) is 3.62. The number of rotatable bonds is 7. The van der Waals surface area contributed by atoms with E-state index in [1.165, 1.54) is 24.8 Å². The van der Waals surface area contributed by atoms with E-state index in [2.05, 4.69) is 76.7 Å². The van der Waals surface area contributed by atoms with Gasteiger partial charge in [0, 0.05) is 55.9 Å². The van der Waals surface area contributed by atoms with Gasteiger partial charge < -0.3 is 15.2 Å². The van der Waals surface area contributed by atoms with Crippen molar-refractivity contribution in [3.05, 3.63) is 84.6 Å². The average Bonchev–Trinajstić information content (AvgIpc) is 3.62. The second-order valence-electron chi connectivity index (χ2n) is 10.1. The van der Waals surface area contributed by atoms with Gasteiger partial charge in [0.25, 0.3) is 0 Å². The van der Waals surface area contributed by atoms with Crippen molar-refractivity contribution < 1.29 is 0 Å². The van der Waals surface area contributed by atoms with E-state index < -0.39 is 0 Å². The summed E-state index contributed by atoms with van der Waals surface area (Å²) in [6, 6.07) is 14.7. The standard InChI is InChI=1S/C30H29N9/c1-3-7-20(8-4-1)13-31-14-21-11-22(16-32-15-21)23-12-24-27(37-38-29(24)34-17-23)30-35-25-18-33-19-26(28(25)36-30)39-9-5-2-6-10-39/h1,3-4,7-8,11-12,15-19,31H,2,5-6,9-10,13-14H2,(H,35,36)(H,34,37,38). The van der Waals surface area contributed by atoms with Crippen LogP contribution in [-0.2, 0) is 13.1 Å². The monoisotopic (exact) mass is 515 g/mol. The maximum atomic E-state index is 5.00. The van der Waals surface area contributed by atoms with Gasteiger partial charge >= 0.3 is 0 Å².